The van der Waals surface area contributed by atoms with E-state index in [0.717, 1.165) is 74.7 Å². The maximum absolute atomic E-state index is 13.5. The van der Waals surface area contributed by atoms with Crippen molar-refractivity contribution < 1.29 is 166 Å². The topological polar surface area (TPSA) is 294 Å². The van der Waals surface area contributed by atoms with Crippen LogP contribution in [0.4, 0.5) is 43.9 Å². The van der Waals surface area contributed by atoms with Gasteiger partial charge in [-0.25, -0.2) is 26.4 Å². The molecule has 0 amide bonds. The van der Waals surface area contributed by atoms with Crippen LogP contribution >= 0.6 is 11.8 Å². The van der Waals surface area contributed by atoms with Crippen LogP contribution in [0, 0.1) is 64.3 Å². The van der Waals surface area contributed by atoms with Crippen LogP contribution in [0.3, 0.4) is 0 Å². The molecule has 6 unspecified atom stereocenters. The van der Waals surface area contributed by atoms with E-state index in [2.05, 4.69) is 156 Å². The number of esters is 4. The maximum atomic E-state index is 13.5. The van der Waals surface area contributed by atoms with Crippen molar-refractivity contribution in [3.8, 4) is 0 Å². The summed E-state index contributed by atoms with van der Waals surface area (Å²) in [5, 5.41) is 8.04. The minimum Gasteiger partial charge on any atom is -0.743 e. The molecule has 18 nitrogen and oxygen atoms in total. The van der Waals surface area contributed by atoms with E-state index in [1.54, 1.807) is 60.7 Å². The third-order valence-corrected chi connectivity index (χ3v) is 35.2. The summed E-state index contributed by atoms with van der Waals surface area (Å²) in [5.74, 6) is -4.00. The first-order valence-corrected chi connectivity index (χ1v) is 52.1. The van der Waals surface area contributed by atoms with Gasteiger partial charge in [-0.1, -0.05) is 142 Å². The van der Waals surface area contributed by atoms with Crippen molar-refractivity contribution in [1.82, 2.24) is 0 Å². The quantitative estimate of drug-likeness (QED) is 0.0187. The second-order valence-electron chi connectivity index (χ2n) is 42.2. The summed E-state index contributed by atoms with van der Waals surface area (Å²) in [6.07, 6.45) is -1.39. The first-order valence-electron chi connectivity index (χ1n) is 44.8. The predicted octanol–water partition coefficient (Wildman–Crippen LogP) is 19.8. The molecule has 2 N–H and O–H groups in total. The number of carboxylic acid groups (broad SMARTS) is 2. The van der Waals surface area contributed by atoms with Crippen molar-refractivity contribution in [1.29, 1.82) is 0 Å². The Balaban J connectivity index is 0.000000195. The zero-order valence-corrected chi connectivity index (χ0v) is 83.7. The van der Waals surface area contributed by atoms with E-state index in [1.165, 1.54) is 67.3 Å². The zero-order valence-electron chi connectivity index (χ0n) is 77.4. The van der Waals surface area contributed by atoms with Crippen molar-refractivity contribution in [2.75, 3.05) is 0 Å². The number of alkyl halides is 10. The van der Waals surface area contributed by atoms with Crippen molar-refractivity contribution in [3.63, 3.8) is 0 Å². The van der Waals surface area contributed by atoms with Crippen LogP contribution in [0.2, 0.25) is 0 Å². The second-order valence-corrected chi connectivity index (χ2v) is 52.3. The fourth-order valence-corrected chi connectivity index (χ4v) is 28.3. The Bertz CT molecular complexity index is 4620. The van der Waals surface area contributed by atoms with Crippen LogP contribution < -0.4 is 21.2 Å². The Morgan fingerprint density at radius 1 is 0.409 bits per heavy atom. The van der Waals surface area contributed by atoms with Gasteiger partial charge in [0.25, 0.3) is 12.2 Å². The number of carbonyl (C=O) groups is 6. The largest absolute Gasteiger partial charge is 0.743 e. The van der Waals surface area contributed by atoms with Crippen molar-refractivity contribution >= 4 is 78.7 Å². The fraction of sp³-hybridized carbons (Fsp3) is 0.633. The van der Waals surface area contributed by atoms with Gasteiger partial charge in [-0.2, -0.15) is 55.7 Å². The minimum atomic E-state index is -6.67. The molecule has 12 fully saturated rings. The fourth-order valence-electron chi connectivity index (χ4n) is 20.0. The predicted molar refractivity (Wildman–Crippen MR) is 475 cm³/mol. The average Bonchev–Trinajstić information content (AvgIpc) is 0.735. The second kappa shape index (κ2) is 44.0. The van der Waals surface area contributed by atoms with Crippen LogP contribution in [-0.2, 0) is 103 Å². The van der Waals surface area contributed by atoms with Gasteiger partial charge in [0.2, 0.25) is 0 Å². The van der Waals surface area contributed by atoms with Crippen LogP contribution in [-0.4, -0.2) is 140 Å². The molecule has 1 radical (unpaired) electrons. The van der Waals surface area contributed by atoms with Gasteiger partial charge in [-0.15, -0.1) is 0 Å². The number of hydrogen-bond acceptors (Lipinski definition) is 17. The third kappa shape index (κ3) is 30.0. The molecule has 5 aromatic rings. The number of rotatable bonds is 15. The third-order valence-electron chi connectivity index (χ3n) is 26.0. The number of carboxylic acids is 2. The molecule has 4 heterocycles. The number of carbonyl (C=O) groups excluding carboxylic acids is 4. The van der Waals surface area contributed by atoms with Crippen LogP contribution in [0.1, 0.15) is 283 Å². The van der Waals surface area contributed by atoms with Crippen LogP contribution in [0.15, 0.2) is 138 Å². The van der Waals surface area contributed by atoms with Gasteiger partial charge >= 0.3 is 79.9 Å². The normalized spacial score (nSPS) is 26.9. The smallest absolute Gasteiger partial charge is 0.432 e. The molecule has 0 spiro atoms. The minimum absolute atomic E-state index is 0. The molecule has 0 aromatic heterocycles. The van der Waals surface area contributed by atoms with Gasteiger partial charge in [-0.3, -0.25) is 19.2 Å². The first kappa shape index (κ1) is 111. The Labute approximate surface area is 799 Å². The zero-order chi connectivity index (χ0) is 97.6. The molecular weight excluding hydrogens is 1970 g/mol. The Hall–Kier alpha value is -6.01. The van der Waals surface area contributed by atoms with E-state index < -0.39 is 95.4 Å². The van der Waals surface area contributed by atoms with Crippen LogP contribution in [0.25, 0.3) is 0 Å². The molecule has 12 aliphatic rings. The Morgan fingerprint density at radius 2 is 0.682 bits per heavy atom. The van der Waals surface area contributed by atoms with E-state index in [-0.39, 0.29) is 158 Å². The summed E-state index contributed by atoms with van der Waals surface area (Å²) in [6, 6.07) is 44.4. The number of ether oxygens (including phenoxy) is 4. The summed E-state index contributed by atoms with van der Waals surface area (Å²) in [5.41, 5.74) is 2.24. The van der Waals surface area contributed by atoms with Gasteiger partial charge in [-0.05, 0) is 293 Å². The molecule has 12 bridgehead atoms. The Kier molecular flexibility index (Phi) is 37.1. The summed E-state index contributed by atoms with van der Waals surface area (Å²) in [7, 11) is -13.0. The van der Waals surface area contributed by atoms with E-state index in [1.807, 2.05) is 41.5 Å². The molecule has 6 atom stereocenters. The van der Waals surface area contributed by atoms with Crippen molar-refractivity contribution in [2.45, 2.75) is 335 Å². The summed E-state index contributed by atoms with van der Waals surface area (Å²) in [4.78, 5) is 70.8. The number of halogens is 11. The summed E-state index contributed by atoms with van der Waals surface area (Å²) < 4.78 is 218. The van der Waals surface area contributed by atoms with E-state index in [9.17, 15) is 98.6 Å². The number of hydrogen-bond donors (Lipinski definition) is 2. The molecular formula is C98H127CuF10IO18S4. The SMILES string of the molecule is CC(C)(C)C(=O)OC1CC2CCCC(C1)S2.CC(C)(C)C(=O)OC1CC2CCCC(C1)[S+]2c1ccc(C(C)(C)C)cc1.CC(C)(C)c1ccc([I+]c2ccc(C(C)(C)C)cc2)cc1.O=C(O)c1ccccc1.O=C(O)c1ccccc1.O=C(OC(C(F)(F)F)C(F)(F)S(=O)(=O)[O-])C12CC3CC(CC(C3)C1)C2.O=C(OC(C(F)(F)F)C(F)(F)S(=O)(=O)[O-])C12CC3CC(CC(C3)C1)C2.[Cu]. The van der Waals surface area contributed by atoms with E-state index in [0.29, 0.717) is 32.5 Å². The number of benzene rings is 5. The van der Waals surface area contributed by atoms with Crippen LogP contribution in [0.5, 0.6) is 0 Å². The molecule has 8 saturated carbocycles. The molecule has 5 aromatic carbocycles. The van der Waals surface area contributed by atoms with Gasteiger partial charge in [0.1, 0.15) is 22.7 Å². The molecule has 34 heteroatoms. The molecule has 8 aliphatic carbocycles. The first-order chi connectivity index (χ1) is 60.3. The van der Waals surface area contributed by atoms with E-state index >= 15 is 0 Å². The molecule has 4 aliphatic heterocycles. The Morgan fingerprint density at radius 3 is 0.932 bits per heavy atom. The molecule has 739 valence electrons. The van der Waals surface area contributed by atoms with Crippen molar-refractivity contribution in [2.24, 2.45) is 57.2 Å². The maximum Gasteiger partial charge on any atom is 0.432 e. The average molecular weight is 2100 g/mol. The van der Waals surface area contributed by atoms with Crippen molar-refractivity contribution in [3.05, 3.63) is 168 Å². The van der Waals surface area contributed by atoms with Gasteiger partial charge in [0.05, 0.1) is 32.8 Å². The monoisotopic (exact) mass is 2100 g/mol. The molecule has 4 saturated heterocycles. The van der Waals surface area contributed by atoms with Gasteiger partial charge in [0.15, 0.2) is 32.3 Å². The standard InChI is InChI=1S/C23H35O2S.C20H26I.2C14H17F5O5S.C13H22O2S.2C7H6O2.Cu/c1-22(2,3)16-10-12-18(13-11-16)26-19-8-7-9-20(26)15-17(14-19)25-21(24)23(4,5)6;1-19(2,3)15-7-11-17(12-8-15)21-18-13-9-16(10-14-18)20(4,5)6;2*15-13(16,17)10(14(18,19)25(21,22)23)24-11(20)12-4-7-1-8(5-12)3-9(2-7)6-12;1-13(2,3)12(14)15-9-7-10-5-4-6-11(8-9)16-10;2*8-7(9)6-4-2-1-3-5-6;/h10-13,17,19-20H,7-9,14-15H2,1-6H3;7-14H,1-6H3;2*7-10H,1-6H2,(H,21,22,23);9-11H,4-8H2,1-3H3;2*1-5H,(H,8,9);/q2*+1;;;;;;/p-2. The van der Waals surface area contributed by atoms with Gasteiger partial charge < -0.3 is 38.3 Å². The molecule has 17 rings (SSSR count). The number of thioether (sulfide) groups is 1. The van der Waals surface area contributed by atoms with E-state index in [4.69, 9.17) is 19.7 Å². The number of aromatic carboxylic acids is 2. The number of fused-ring (bicyclic) bond motifs is 4. The molecule has 132 heavy (non-hydrogen) atoms. The van der Waals surface area contributed by atoms with Gasteiger partial charge in [0, 0.05) is 51.3 Å². The summed E-state index contributed by atoms with van der Waals surface area (Å²) >= 11 is 2.05. The summed E-state index contributed by atoms with van der Waals surface area (Å²) in [6.45, 7) is 32.0.